The van der Waals surface area contributed by atoms with E-state index in [4.69, 9.17) is 9.72 Å². The van der Waals surface area contributed by atoms with Gasteiger partial charge in [-0.3, -0.25) is 4.79 Å². The van der Waals surface area contributed by atoms with E-state index in [0.29, 0.717) is 41.3 Å². The molecule has 3 aromatic heterocycles. The van der Waals surface area contributed by atoms with Crippen molar-refractivity contribution in [3.8, 4) is 33.8 Å². The zero-order valence-corrected chi connectivity index (χ0v) is 27.2. The van der Waals surface area contributed by atoms with E-state index in [1.165, 1.54) is 13.2 Å². The number of carbonyl (C=O) groups excluding carboxylic acids is 2. The number of imidazole rings is 2. The fraction of sp³-hybridized carbons (Fsp3) is 0.361. The molecule has 0 saturated carbocycles. The second-order valence-corrected chi connectivity index (χ2v) is 12.9. The first-order chi connectivity index (χ1) is 23.3. The quantitative estimate of drug-likeness (QED) is 0.155. The molecule has 2 aromatic carbocycles. The molecular weight excluding hydrogens is 611 g/mol. The first kappa shape index (κ1) is 31.5. The van der Waals surface area contributed by atoms with Crippen LogP contribution in [0.1, 0.15) is 63.3 Å². The van der Waals surface area contributed by atoms with Gasteiger partial charge in [-0.05, 0) is 68.5 Å². The van der Waals surface area contributed by atoms with E-state index >= 15 is 4.39 Å². The highest BCUT2D eigenvalue weighted by Gasteiger charge is 2.37. The molecule has 2 saturated heterocycles. The van der Waals surface area contributed by atoms with Crippen LogP contribution in [0.2, 0.25) is 0 Å². The first-order valence-corrected chi connectivity index (χ1v) is 16.5. The number of halogens is 1. The lowest BCUT2D eigenvalue weighted by atomic mass is 10.0. The summed E-state index contributed by atoms with van der Waals surface area (Å²) < 4.78 is 20.3. The second kappa shape index (κ2) is 13.2. The number of nitrogens with one attached hydrogen (secondary N) is 4. The molecule has 2 fully saturated rings. The molecule has 2 aliphatic rings. The van der Waals surface area contributed by atoms with E-state index in [1.54, 1.807) is 17.2 Å². The van der Waals surface area contributed by atoms with Crippen molar-refractivity contribution in [1.82, 2.24) is 40.5 Å². The Labute approximate surface area is 277 Å². The van der Waals surface area contributed by atoms with Gasteiger partial charge >= 0.3 is 6.09 Å². The average Bonchev–Trinajstić information content (AvgIpc) is 3.93. The number of alkyl carbamates (subject to hydrolysis) is 1. The van der Waals surface area contributed by atoms with Gasteiger partial charge < -0.3 is 30.2 Å². The monoisotopic (exact) mass is 650 g/mol. The topological polar surface area (TPSA) is 141 Å². The number of aromatic nitrogens is 5. The molecule has 4 N–H and O–H groups in total. The van der Waals surface area contributed by atoms with Crippen molar-refractivity contribution in [1.29, 1.82) is 0 Å². The van der Waals surface area contributed by atoms with Crippen LogP contribution in [0.3, 0.4) is 0 Å². The van der Waals surface area contributed by atoms with Crippen LogP contribution in [-0.4, -0.2) is 68.1 Å². The van der Waals surface area contributed by atoms with Crippen molar-refractivity contribution in [3.63, 3.8) is 0 Å². The Bertz CT molecular complexity index is 1960. The summed E-state index contributed by atoms with van der Waals surface area (Å²) in [5, 5.41) is 7.11. The smallest absolute Gasteiger partial charge is 0.407 e. The molecule has 12 heteroatoms. The number of hydrogen-bond donors (Lipinski definition) is 4. The van der Waals surface area contributed by atoms with Gasteiger partial charge in [0.15, 0.2) is 0 Å². The Hall–Kier alpha value is -5.10. The molecule has 0 unspecified atom stereocenters. The zero-order valence-electron chi connectivity index (χ0n) is 27.2. The van der Waals surface area contributed by atoms with Crippen LogP contribution in [0.25, 0.3) is 44.7 Å². The summed E-state index contributed by atoms with van der Waals surface area (Å²) in [6, 6.07) is 14.3. The number of ether oxygens (including phenoxy) is 1. The standard InChI is InChI=1S/C36H39FN8O3/c1-20(2)32(44-36(47)48-3)35(46)45-15-5-7-31(45)34-40-19-30(43-34)24-11-8-23(17-25(24)37)27-12-9-21-16-22(10-13-26(21)41-27)29-18-39-33(42-29)28-6-4-14-38-28/h8-13,16-20,28,31-32,38H,4-7,14-15H2,1-3H3,(H,39,42)(H,40,43)(H,44,47)/t28-,31-,32-/m0/s1. The van der Waals surface area contributed by atoms with Crippen molar-refractivity contribution in [2.45, 2.75) is 57.7 Å². The number of nitrogens with zero attached hydrogens (tertiary/aromatic N) is 4. The van der Waals surface area contributed by atoms with Gasteiger partial charge in [-0.25, -0.2) is 24.1 Å². The van der Waals surface area contributed by atoms with Gasteiger partial charge in [0.2, 0.25) is 5.91 Å². The number of pyridine rings is 1. The molecule has 48 heavy (non-hydrogen) atoms. The van der Waals surface area contributed by atoms with Gasteiger partial charge in [-0.1, -0.05) is 32.0 Å². The predicted octanol–water partition coefficient (Wildman–Crippen LogP) is 6.29. The number of aromatic amines is 2. The minimum atomic E-state index is -0.730. The normalized spacial score (nSPS) is 18.5. The Balaban J connectivity index is 1.08. The number of benzene rings is 2. The molecular formula is C36H39FN8O3. The molecule has 248 valence electrons. The second-order valence-electron chi connectivity index (χ2n) is 12.9. The SMILES string of the molecule is COC(=O)N[C@H](C(=O)N1CCC[C@H]1c1ncc(-c2ccc(-c3ccc4cc(-c5cnc([C@@H]6CCCN6)[nH]5)ccc4n3)cc2F)[nH]1)C(C)C. The van der Waals surface area contributed by atoms with Crippen molar-refractivity contribution in [2.75, 3.05) is 20.2 Å². The maximum absolute atomic E-state index is 15.6. The van der Waals surface area contributed by atoms with Gasteiger partial charge in [0, 0.05) is 28.6 Å². The van der Waals surface area contributed by atoms with Crippen molar-refractivity contribution in [2.24, 2.45) is 5.92 Å². The fourth-order valence-electron chi connectivity index (χ4n) is 6.76. The summed E-state index contributed by atoms with van der Waals surface area (Å²) in [4.78, 5) is 47.8. The van der Waals surface area contributed by atoms with Crippen LogP contribution in [-0.2, 0) is 9.53 Å². The van der Waals surface area contributed by atoms with Crippen molar-refractivity contribution < 1.29 is 18.7 Å². The van der Waals surface area contributed by atoms with Crippen LogP contribution in [0.4, 0.5) is 9.18 Å². The Kier molecular flexibility index (Phi) is 8.65. The van der Waals surface area contributed by atoms with E-state index in [2.05, 4.69) is 36.6 Å². The number of methoxy groups -OCH3 is 1. The molecule has 0 bridgehead atoms. The molecule has 5 heterocycles. The molecule has 3 atom stereocenters. The number of amides is 2. The van der Waals surface area contributed by atoms with Crippen molar-refractivity contribution in [3.05, 3.63) is 78.4 Å². The molecule has 2 aliphatic heterocycles. The largest absolute Gasteiger partial charge is 0.453 e. The summed E-state index contributed by atoms with van der Waals surface area (Å²) in [7, 11) is 1.27. The highest BCUT2D eigenvalue weighted by molar-refractivity contribution is 5.87. The van der Waals surface area contributed by atoms with Crippen LogP contribution in [0.15, 0.2) is 60.9 Å². The van der Waals surface area contributed by atoms with Crippen LogP contribution in [0, 0.1) is 11.7 Å². The third-order valence-electron chi connectivity index (χ3n) is 9.38. The summed E-state index contributed by atoms with van der Waals surface area (Å²) in [6.07, 6.45) is 6.56. The van der Waals surface area contributed by atoms with Crippen LogP contribution in [0.5, 0.6) is 0 Å². The third kappa shape index (κ3) is 6.15. The highest BCUT2D eigenvalue weighted by atomic mass is 19.1. The minimum absolute atomic E-state index is 0.137. The van der Waals surface area contributed by atoms with Gasteiger partial charge in [0.1, 0.15) is 23.5 Å². The van der Waals surface area contributed by atoms with Gasteiger partial charge in [-0.2, -0.15) is 0 Å². The van der Waals surface area contributed by atoms with E-state index in [9.17, 15) is 9.59 Å². The molecule has 2 amide bonds. The highest BCUT2D eigenvalue weighted by Crippen LogP contribution is 2.34. The average molecular weight is 651 g/mol. The lowest BCUT2D eigenvalue weighted by Crippen LogP contribution is -2.51. The van der Waals surface area contributed by atoms with Crippen LogP contribution >= 0.6 is 0 Å². The maximum Gasteiger partial charge on any atom is 0.407 e. The summed E-state index contributed by atoms with van der Waals surface area (Å²) in [6.45, 7) is 5.30. The number of carbonyl (C=O) groups is 2. The summed E-state index contributed by atoms with van der Waals surface area (Å²) in [5.41, 5.74) is 5.03. The Morgan fingerprint density at radius 2 is 1.75 bits per heavy atom. The van der Waals surface area contributed by atoms with Gasteiger partial charge in [0.05, 0.1) is 54.2 Å². The maximum atomic E-state index is 15.6. The number of H-pyrrole nitrogens is 2. The van der Waals surface area contributed by atoms with Crippen molar-refractivity contribution >= 4 is 22.9 Å². The number of fused-ring (bicyclic) bond motifs is 1. The molecule has 0 aliphatic carbocycles. The lowest BCUT2D eigenvalue weighted by molar-refractivity contribution is -0.135. The lowest BCUT2D eigenvalue weighted by Gasteiger charge is -2.30. The Morgan fingerprint density at radius 1 is 0.958 bits per heavy atom. The van der Waals surface area contributed by atoms with E-state index < -0.39 is 18.0 Å². The number of hydrogen-bond acceptors (Lipinski definition) is 7. The van der Waals surface area contributed by atoms with Gasteiger partial charge in [-0.15, -0.1) is 0 Å². The molecule has 7 rings (SSSR count). The van der Waals surface area contributed by atoms with E-state index in [0.717, 1.165) is 53.8 Å². The molecule has 0 spiro atoms. The Morgan fingerprint density at radius 3 is 2.52 bits per heavy atom. The zero-order chi connectivity index (χ0) is 33.4. The van der Waals surface area contributed by atoms with Crippen LogP contribution < -0.4 is 10.6 Å². The number of likely N-dealkylation sites (tertiary alicyclic amines) is 1. The molecule has 11 nitrogen and oxygen atoms in total. The summed E-state index contributed by atoms with van der Waals surface area (Å²) >= 11 is 0. The summed E-state index contributed by atoms with van der Waals surface area (Å²) in [5.74, 6) is 0.804. The number of rotatable bonds is 8. The fourth-order valence-corrected chi connectivity index (χ4v) is 6.76. The molecule has 0 radical (unpaired) electrons. The first-order valence-electron chi connectivity index (χ1n) is 16.5. The minimum Gasteiger partial charge on any atom is -0.453 e. The molecule has 5 aromatic rings. The van der Waals surface area contributed by atoms with Gasteiger partial charge in [0.25, 0.3) is 0 Å². The van der Waals surface area contributed by atoms with E-state index in [1.807, 2.05) is 50.4 Å². The predicted molar refractivity (Wildman–Crippen MR) is 180 cm³/mol. The van der Waals surface area contributed by atoms with E-state index in [-0.39, 0.29) is 23.9 Å². The third-order valence-corrected chi connectivity index (χ3v) is 9.38.